The van der Waals surface area contributed by atoms with E-state index in [1.165, 1.54) is 26.2 Å². The van der Waals surface area contributed by atoms with E-state index >= 15 is 0 Å². The van der Waals surface area contributed by atoms with Crippen molar-refractivity contribution in [1.29, 1.82) is 0 Å². The molecule has 0 spiro atoms. The summed E-state index contributed by atoms with van der Waals surface area (Å²) >= 11 is 3.47. The lowest BCUT2D eigenvalue weighted by atomic mass is 10.2. The van der Waals surface area contributed by atoms with E-state index in [1.807, 2.05) is 11.3 Å². The van der Waals surface area contributed by atoms with Gasteiger partial charge < -0.3 is 5.73 Å². The van der Waals surface area contributed by atoms with Gasteiger partial charge in [-0.05, 0) is 28.6 Å². The molecule has 0 unspecified atom stereocenters. The Bertz CT molecular complexity index is 821. The number of nitrogens with two attached hydrogens (primary N) is 1. The second-order valence-electron chi connectivity index (χ2n) is 5.81. The Morgan fingerprint density at radius 2 is 2.09 bits per heavy atom. The predicted molar refractivity (Wildman–Crippen MR) is 101 cm³/mol. The van der Waals surface area contributed by atoms with Gasteiger partial charge in [-0.1, -0.05) is 30.3 Å². The van der Waals surface area contributed by atoms with Crippen LogP contribution in [0, 0.1) is 0 Å². The molecule has 1 aliphatic rings. The number of rotatable bonds is 3. The van der Waals surface area contributed by atoms with E-state index in [0.717, 1.165) is 32.5 Å². The van der Waals surface area contributed by atoms with E-state index in [1.54, 1.807) is 11.3 Å². The maximum absolute atomic E-state index is 5.81. The van der Waals surface area contributed by atoms with Crippen LogP contribution in [-0.4, -0.2) is 29.5 Å². The highest BCUT2D eigenvalue weighted by Gasteiger charge is 2.16. The fraction of sp³-hybridized carbons (Fsp3) is 0.278. The van der Waals surface area contributed by atoms with Crippen molar-refractivity contribution in [2.45, 2.75) is 12.8 Å². The van der Waals surface area contributed by atoms with Crippen molar-refractivity contribution in [1.82, 2.24) is 9.88 Å². The first-order valence-electron chi connectivity index (χ1n) is 7.89. The summed E-state index contributed by atoms with van der Waals surface area (Å²) in [6.07, 6.45) is 6.64. The van der Waals surface area contributed by atoms with Crippen molar-refractivity contribution in [3.8, 4) is 0 Å². The predicted octanol–water partition coefficient (Wildman–Crippen LogP) is 4.05. The number of anilines is 1. The zero-order valence-electron chi connectivity index (χ0n) is 12.9. The van der Waals surface area contributed by atoms with E-state index < -0.39 is 0 Å². The third-order valence-corrected chi connectivity index (χ3v) is 6.25. The maximum atomic E-state index is 5.81. The number of fused-ring (bicyclic) bond motifs is 2. The van der Waals surface area contributed by atoms with Gasteiger partial charge in [0.25, 0.3) is 0 Å². The lowest BCUT2D eigenvalue weighted by Gasteiger charge is -2.17. The molecular formula is C18H19N3S2. The summed E-state index contributed by atoms with van der Waals surface area (Å²) in [6, 6.07) is 8.58. The van der Waals surface area contributed by atoms with E-state index in [-0.39, 0.29) is 0 Å². The van der Waals surface area contributed by atoms with Crippen LogP contribution < -0.4 is 5.73 Å². The van der Waals surface area contributed by atoms with Crippen molar-refractivity contribution in [3.63, 3.8) is 0 Å². The molecule has 2 N–H and O–H groups in total. The third-order valence-electron chi connectivity index (χ3n) is 4.29. The molecule has 0 saturated heterocycles. The van der Waals surface area contributed by atoms with E-state index in [9.17, 15) is 0 Å². The van der Waals surface area contributed by atoms with Gasteiger partial charge in [0.1, 0.15) is 0 Å². The van der Waals surface area contributed by atoms with Crippen LogP contribution in [0.2, 0.25) is 0 Å². The molecule has 1 aromatic carbocycles. The van der Waals surface area contributed by atoms with Gasteiger partial charge in [0.15, 0.2) is 5.13 Å². The Labute approximate surface area is 144 Å². The van der Waals surface area contributed by atoms with Crippen molar-refractivity contribution >= 4 is 44.7 Å². The van der Waals surface area contributed by atoms with Gasteiger partial charge >= 0.3 is 0 Å². The molecule has 3 nitrogen and oxygen atoms in total. The molecule has 0 fully saturated rings. The SMILES string of the molecule is Nc1nc2c(s1)CCN(CC=Cc1scc3ccccc13)CC2. The zero-order chi connectivity index (χ0) is 15.6. The number of thiazole rings is 1. The summed E-state index contributed by atoms with van der Waals surface area (Å²) in [5.41, 5.74) is 7.02. The van der Waals surface area contributed by atoms with Crippen molar-refractivity contribution < 1.29 is 0 Å². The van der Waals surface area contributed by atoms with Gasteiger partial charge in [-0.3, -0.25) is 4.90 Å². The van der Waals surface area contributed by atoms with Crippen molar-refractivity contribution in [2.75, 3.05) is 25.4 Å². The first-order chi connectivity index (χ1) is 11.3. The Morgan fingerprint density at radius 1 is 1.22 bits per heavy atom. The number of hydrogen-bond donors (Lipinski definition) is 1. The first-order valence-corrected chi connectivity index (χ1v) is 9.58. The molecule has 0 saturated carbocycles. The quantitative estimate of drug-likeness (QED) is 0.781. The summed E-state index contributed by atoms with van der Waals surface area (Å²) < 4.78 is 0. The molecule has 2 aromatic heterocycles. The molecule has 1 aliphatic heterocycles. The van der Waals surface area contributed by atoms with Crippen LogP contribution in [0.4, 0.5) is 5.13 Å². The molecule has 23 heavy (non-hydrogen) atoms. The molecule has 3 heterocycles. The first kappa shape index (κ1) is 14.9. The molecule has 0 atom stereocenters. The summed E-state index contributed by atoms with van der Waals surface area (Å²) in [7, 11) is 0. The zero-order valence-corrected chi connectivity index (χ0v) is 14.5. The summed E-state index contributed by atoms with van der Waals surface area (Å²) in [5, 5.41) is 5.63. The van der Waals surface area contributed by atoms with E-state index in [2.05, 4.69) is 51.7 Å². The number of aromatic nitrogens is 1. The number of nitrogens with zero attached hydrogens (tertiary/aromatic N) is 2. The minimum Gasteiger partial charge on any atom is -0.375 e. The largest absolute Gasteiger partial charge is 0.375 e. The van der Waals surface area contributed by atoms with Gasteiger partial charge in [-0.2, -0.15) is 0 Å². The average molecular weight is 342 g/mol. The fourth-order valence-electron chi connectivity index (χ4n) is 3.06. The van der Waals surface area contributed by atoms with Crippen LogP contribution >= 0.6 is 22.7 Å². The normalized spacial score (nSPS) is 16.0. The van der Waals surface area contributed by atoms with Gasteiger partial charge in [0.05, 0.1) is 5.69 Å². The molecule has 0 aliphatic carbocycles. The fourth-order valence-corrected chi connectivity index (χ4v) is 4.88. The molecular weight excluding hydrogens is 322 g/mol. The minimum atomic E-state index is 0.716. The second kappa shape index (κ2) is 6.43. The highest BCUT2D eigenvalue weighted by molar-refractivity contribution is 7.15. The topological polar surface area (TPSA) is 42.1 Å². The second-order valence-corrected chi connectivity index (χ2v) is 7.84. The van der Waals surface area contributed by atoms with Crippen LogP contribution in [0.1, 0.15) is 15.4 Å². The van der Waals surface area contributed by atoms with Gasteiger partial charge in [-0.15, -0.1) is 22.7 Å². The Kier molecular flexibility index (Phi) is 4.16. The number of thiophene rings is 1. The number of nitrogen functional groups attached to an aromatic ring is 1. The van der Waals surface area contributed by atoms with Gasteiger partial charge in [-0.25, -0.2) is 4.98 Å². The smallest absolute Gasteiger partial charge is 0.180 e. The molecule has 0 amide bonds. The number of hydrogen-bond acceptors (Lipinski definition) is 5. The molecule has 118 valence electrons. The average Bonchev–Trinajstić information content (AvgIpc) is 3.08. The monoisotopic (exact) mass is 341 g/mol. The number of benzene rings is 1. The summed E-state index contributed by atoms with van der Waals surface area (Å²) in [5.74, 6) is 0. The molecule has 0 bridgehead atoms. The molecule has 0 radical (unpaired) electrons. The Morgan fingerprint density at radius 3 is 3.04 bits per heavy atom. The highest BCUT2D eigenvalue weighted by Crippen LogP contribution is 2.27. The summed E-state index contributed by atoms with van der Waals surface area (Å²) in [4.78, 5) is 9.68. The molecule has 4 rings (SSSR count). The maximum Gasteiger partial charge on any atom is 0.180 e. The van der Waals surface area contributed by atoms with Crippen LogP contribution in [0.3, 0.4) is 0 Å². The Balaban J connectivity index is 1.40. The van der Waals surface area contributed by atoms with Crippen molar-refractivity contribution in [2.24, 2.45) is 0 Å². The van der Waals surface area contributed by atoms with Crippen LogP contribution in [-0.2, 0) is 12.8 Å². The highest BCUT2D eigenvalue weighted by atomic mass is 32.1. The van der Waals surface area contributed by atoms with Crippen LogP contribution in [0.25, 0.3) is 16.8 Å². The van der Waals surface area contributed by atoms with Gasteiger partial charge in [0.2, 0.25) is 0 Å². The standard InChI is InChI=1S/C18H19N3S2/c19-18-20-15-7-10-21(11-8-17(15)23-18)9-3-6-16-14-5-2-1-4-13(14)12-22-16/h1-6,12H,7-11H2,(H2,19,20). The summed E-state index contributed by atoms with van der Waals surface area (Å²) in [6.45, 7) is 3.15. The molecule has 5 heteroatoms. The third kappa shape index (κ3) is 3.17. The van der Waals surface area contributed by atoms with Crippen LogP contribution in [0.15, 0.2) is 35.7 Å². The lowest BCUT2D eigenvalue weighted by molar-refractivity contribution is 0.318. The van der Waals surface area contributed by atoms with Gasteiger partial charge in [0, 0.05) is 35.8 Å². The van der Waals surface area contributed by atoms with Crippen molar-refractivity contribution in [3.05, 3.63) is 51.2 Å². The minimum absolute atomic E-state index is 0.716. The lowest BCUT2D eigenvalue weighted by Crippen LogP contribution is -2.26. The van der Waals surface area contributed by atoms with Crippen LogP contribution in [0.5, 0.6) is 0 Å². The molecule has 3 aromatic rings. The van der Waals surface area contributed by atoms with E-state index in [4.69, 9.17) is 5.73 Å². The van der Waals surface area contributed by atoms with E-state index in [0.29, 0.717) is 5.13 Å². The Hall–Kier alpha value is -1.69.